The molecular formula is C22H32N2O10. The van der Waals surface area contributed by atoms with Gasteiger partial charge in [-0.2, -0.15) is 0 Å². The molecule has 0 aliphatic heterocycles. The number of hydrogen-bond donors (Lipinski definition) is 2. The van der Waals surface area contributed by atoms with Crippen LogP contribution in [0, 0.1) is 5.92 Å². The molecule has 1 aromatic rings. The number of rotatable bonds is 11. The van der Waals surface area contributed by atoms with Crippen molar-refractivity contribution in [1.29, 1.82) is 0 Å². The van der Waals surface area contributed by atoms with E-state index in [-0.39, 0.29) is 37.1 Å². The van der Waals surface area contributed by atoms with Gasteiger partial charge in [0.05, 0.1) is 13.2 Å². The average Bonchev–Trinajstić information content (AvgIpc) is 2.74. The maximum absolute atomic E-state index is 12.9. The van der Waals surface area contributed by atoms with Crippen LogP contribution in [-0.2, 0) is 35.0 Å². The number of hydrogen-bond acceptors (Lipinski definition) is 12. The SMILES string of the molecule is CCOC(=O)Oc1ccc(C[C@](C)(NN)C(=O)O[C@@H](OC(C)=O)C(C)C)cc1OC(=O)OCC. The molecule has 0 heterocycles. The molecule has 0 amide bonds. The molecule has 0 spiro atoms. The fourth-order valence-electron chi connectivity index (χ4n) is 2.59. The number of carbonyl (C=O) groups excluding carboxylic acids is 4. The van der Waals surface area contributed by atoms with E-state index < -0.39 is 36.1 Å². The maximum atomic E-state index is 12.9. The van der Waals surface area contributed by atoms with Gasteiger partial charge in [-0.1, -0.05) is 19.9 Å². The van der Waals surface area contributed by atoms with Crippen LogP contribution in [-0.4, -0.2) is 49.3 Å². The van der Waals surface area contributed by atoms with Gasteiger partial charge < -0.3 is 28.4 Å². The minimum Gasteiger partial charge on any atom is -0.434 e. The molecule has 34 heavy (non-hydrogen) atoms. The van der Waals surface area contributed by atoms with E-state index in [2.05, 4.69) is 5.43 Å². The van der Waals surface area contributed by atoms with Crippen LogP contribution in [0.5, 0.6) is 11.5 Å². The summed E-state index contributed by atoms with van der Waals surface area (Å²) in [7, 11) is 0. The highest BCUT2D eigenvalue weighted by molar-refractivity contribution is 5.81. The van der Waals surface area contributed by atoms with Crippen molar-refractivity contribution >= 4 is 24.2 Å². The first-order valence-corrected chi connectivity index (χ1v) is 10.6. The largest absolute Gasteiger partial charge is 0.513 e. The highest BCUT2D eigenvalue weighted by Gasteiger charge is 2.37. The smallest absolute Gasteiger partial charge is 0.434 e. The molecule has 12 nitrogen and oxygen atoms in total. The Morgan fingerprint density at radius 1 is 0.971 bits per heavy atom. The van der Waals surface area contributed by atoms with Gasteiger partial charge in [-0.05, 0) is 38.5 Å². The average molecular weight is 485 g/mol. The lowest BCUT2D eigenvalue weighted by Crippen LogP contribution is -2.56. The molecule has 12 heteroatoms. The molecule has 1 aromatic carbocycles. The van der Waals surface area contributed by atoms with Crippen LogP contribution < -0.4 is 20.7 Å². The van der Waals surface area contributed by atoms with Crippen molar-refractivity contribution in [2.45, 2.75) is 59.8 Å². The number of hydrazine groups is 1. The second-order valence-electron chi connectivity index (χ2n) is 7.63. The summed E-state index contributed by atoms with van der Waals surface area (Å²) in [6.45, 7) is 9.46. The Labute approximate surface area is 197 Å². The second-order valence-corrected chi connectivity index (χ2v) is 7.63. The number of benzene rings is 1. The van der Waals surface area contributed by atoms with Gasteiger partial charge in [0.1, 0.15) is 5.54 Å². The van der Waals surface area contributed by atoms with Gasteiger partial charge in [-0.15, -0.1) is 0 Å². The number of nitrogens with one attached hydrogen (secondary N) is 1. The van der Waals surface area contributed by atoms with Crippen LogP contribution in [0.4, 0.5) is 9.59 Å². The summed E-state index contributed by atoms with van der Waals surface area (Å²) in [6, 6.07) is 4.26. The summed E-state index contributed by atoms with van der Waals surface area (Å²) in [6.07, 6.45) is -3.16. The molecule has 0 aliphatic rings. The molecule has 0 aromatic heterocycles. The standard InChI is InChI=1S/C22H32N2O10/c1-7-29-20(27)32-16-10-9-15(11-17(16)33-21(28)30-8-2)12-22(6,24-23)19(26)34-18(13(3)4)31-14(5)25/h9-11,13,18,24H,7-8,12,23H2,1-6H3/t18-,22+/m1/s1. The van der Waals surface area contributed by atoms with Crippen LogP contribution in [0.25, 0.3) is 0 Å². The fourth-order valence-corrected chi connectivity index (χ4v) is 2.59. The van der Waals surface area contributed by atoms with Gasteiger partial charge in [0.2, 0.25) is 6.29 Å². The maximum Gasteiger partial charge on any atom is 0.513 e. The molecular weight excluding hydrogens is 452 g/mol. The van der Waals surface area contributed by atoms with Crippen molar-refractivity contribution in [1.82, 2.24) is 5.43 Å². The van der Waals surface area contributed by atoms with Crippen molar-refractivity contribution in [2.24, 2.45) is 11.8 Å². The Morgan fingerprint density at radius 3 is 2.00 bits per heavy atom. The van der Waals surface area contributed by atoms with E-state index in [0.29, 0.717) is 5.56 Å². The van der Waals surface area contributed by atoms with E-state index in [1.54, 1.807) is 27.7 Å². The third kappa shape index (κ3) is 8.87. The van der Waals surface area contributed by atoms with Crippen LogP contribution in [0.2, 0.25) is 0 Å². The molecule has 0 radical (unpaired) electrons. The predicted molar refractivity (Wildman–Crippen MR) is 118 cm³/mol. The minimum absolute atomic E-state index is 0.0356. The van der Waals surface area contributed by atoms with E-state index in [0.717, 1.165) is 0 Å². The van der Waals surface area contributed by atoms with E-state index in [4.69, 9.17) is 34.3 Å². The predicted octanol–water partition coefficient (Wildman–Crippen LogP) is 2.61. The highest BCUT2D eigenvalue weighted by Crippen LogP contribution is 2.31. The van der Waals surface area contributed by atoms with E-state index in [1.807, 2.05) is 0 Å². The number of ether oxygens (including phenoxy) is 6. The number of esters is 2. The van der Waals surface area contributed by atoms with E-state index in [1.165, 1.54) is 32.0 Å². The molecule has 0 unspecified atom stereocenters. The van der Waals surface area contributed by atoms with Gasteiger partial charge in [0, 0.05) is 19.3 Å². The van der Waals surface area contributed by atoms with Crippen molar-refractivity contribution in [3.05, 3.63) is 23.8 Å². The first-order valence-electron chi connectivity index (χ1n) is 10.6. The minimum atomic E-state index is -1.46. The lowest BCUT2D eigenvalue weighted by atomic mass is 9.93. The third-order valence-corrected chi connectivity index (χ3v) is 4.30. The van der Waals surface area contributed by atoms with Crippen molar-refractivity contribution in [3.8, 4) is 11.5 Å². The lowest BCUT2D eigenvalue weighted by molar-refractivity contribution is -0.198. The highest BCUT2D eigenvalue weighted by atomic mass is 16.7. The van der Waals surface area contributed by atoms with E-state index in [9.17, 15) is 19.2 Å². The fraction of sp³-hybridized carbons (Fsp3) is 0.545. The molecule has 1 rings (SSSR count). The molecule has 0 fully saturated rings. The summed E-state index contributed by atoms with van der Waals surface area (Å²) in [4.78, 5) is 47.8. The van der Waals surface area contributed by atoms with Crippen LogP contribution >= 0.6 is 0 Å². The molecule has 3 N–H and O–H groups in total. The van der Waals surface area contributed by atoms with Crippen LogP contribution in [0.3, 0.4) is 0 Å². The van der Waals surface area contributed by atoms with Gasteiger partial charge in [-0.25, -0.2) is 19.8 Å². The topological polar surface area (TPSA) is 162 Å². The summed E-state index contributed by atoms with van der Waals surface area (Å²) >= 11 is 0. The Balaban J connectivity index is 3.18. The number of carbonyl (C=O) groups is 4. The molecule has 190 valence electrons. The Bertz CT molecular complexity index is 873. The van der Waals surface area contributed by atoms with Gasteiger partial charge >= 0.3 is 24.2 Å². The summed E-state index contributed by atoms with van der Waals surface area (Å²) in [5.41, 5.74) is 1.41. The monoisotopic (exact) mass is 484 g/mol. The van der Waals surface area contributed by atoms with E-state index >= 15 is 0 Å². The molecule has 0 saturated carbocycles. The molecule has 0 aliphatic carbocycles. The zero-order valence-corrected chi connectivity index (χ0v) is 20.2. The van der Waals surface area contributed by atoms with Gasteiger partial charge in [-0.3, -0.25) is 10.6 Å². The molecule has 2 atom stereocenters. The lowest BCUT2D eigenvalue weighted by Gasteiger charge is -2.30. The Hall–Kier alpha value is -3.38. The number of nitrogens with two attached hydrogens (primary N) is 1. The van der Waals surface area contributed by atoms with Crippen molar-refractivity contribution in [2.75, 3.05) is 13.2 Å². The zero-order valence-electron chi connectivity index (χ0n) is 20.2. The van der Waals surface area contributed by atoms with Crippen LogP contribution in [0.1, 0.15) is 47.1 Å². The summed E-state index contributed by atoms with van der Waals surface area (Å²) in [5.74, 6) is 3.71. The summed E-state index contributed by atoms with van der Waals surface area (Å²) < 4.78 is 30.1. The first-order chi connectivity index (χ1) is 15.9. The normalized spacial score (nSPS) is 13.3. The quantitative estimate of drug-likeness (QED) is 0.118. The first kappa shape index (κ1) is 28.7. The van der Waals surface area contributed by atoms with Crippen molar-refractivity contribution < 1.29 is 47.6 Å². The third-order valence-electron chi connectivity index (χ3n) is 4.30. The van der Waals surface area contributed by atoms with Gasteiger partial charge in [0.25, 0.3) is 0 Å². The molecule has 0 saturated heterocycles. The zero-order chi connectivity index (χ0) is 25.9. The Kier molecular flexibility index (Phi) is 11.3. The second kappa shape index (κ2) is 13.4. The molecule has 0 bridgehead atoms. The Morgan fingerprint density at radius 2 is 1.53 bits per heavy atom. The van der Waals surface area contributed by atoms with Crippen molar-refractivity contribution in [3.63, 3.8) is 0 Å². The van der Waals surface area contributed by atoms with Gasteiger partial charge in [0.15, 0.2) is 11.5 Å². The summed E-state index contributed by atoms with van der Waals surface area (Å²) in [5, 5.41) is 0. The van der Waals surface area contributed by atoms with Crippen LogP contribution in [0.15, 0.2) is 18.2 Å².